The molecule has 0 spiro atoms. The molecule has 1 amide bonds. The van der Waals surface area contributed by atoms with E-state index in [4.69, 9.17) is 9.47 Å². The van der Waals surface area contributed by atoms with E-state index in [-0.39, 0.29) is 17.8 Å². The van der Waals surface area contributed by atoms with Gasteiger partial charge in [-0.25, -0.2) is 9.89 Å². The van der Waals surface area contributed by atoms with Crippen LogP contribution in [0.15, 0.2) is 23.0 Å². The molecule has 1 unspecified atom stereocenters. The van der Waals surface area contributed by atoms with Crippen LogP contribution in [0.25, 0.3) is 0 Å². The van der Waals surface area contributed by atoms with E-state index in [1.807, 2.05) is 18.2 Å². The summed E-state index contributed by atoms with van der Waals surface area (Å²) in [5.41, 5.74) is 0.521. The van der Waals surface area contributed by atoms with Crippen LogP contribution in [-0.4, -0.2) is 45.7 Å². The number of carbonyl (C=O) groups excluding carboxylic acids is 1. The molecule has 1 aromatic carbocycles. The van der Waals surface area contributed by atoms with Crippen LogP contribution < -0.4 is 15.2 Å². The average molecular weight is 330 g/mol. The van der Waals surface area contributed by atoms with Gasteiger partial charge in [-0.1, -0.05) is 6.07 Å². The normalized spacial score (nSPS) is 20.0. The third-order valence-electron chi connectivity index (χ3n) is 4.37. The molecule has 2 aliphatic heterocycles. The maximum absolute atomic E-state index is 12.6. The highest BCUT2D eigenvalue weighted by atomic mass is 16.5. The molecule has 2 N–H and O–H groups in total. The summed E-state index contributed by atoms with van der Waals surface area (Å²) in [6.07, 6.45) is 2.62. The summed E-state index contributed by atoms with van der Waals surface area (Å²) in [4.78, 5) is 28.0. The number of amides is 1. The lowest BCUT2D eigenvalue weighted by atomic mass is 10.0. The van der Waals surface area contributed by atoms with Crippen molar-refractivity contribution in [2.24, 2.45) is 0 Å². The van der Waals surface area contributed by atoms with Crippen molar-refractivity contribution < 1.29 is 14.3 Å². The number of hydrogen-bond donors (Lipinski definition) is 2. The van der Waals surface area contributed by atoms with Crippen molar-refractivity contribution >= 4 is 5.91 Å². The van der Waals surface area contributed by atoms with Gasteiger partial charge in [-0.05, 0) is 30.5 Å². The first-order chi connectivity index (χ1) is 11.7. The number of H-pyrrole nitrogens is 2. The van der Waals surface area contributed by atoms with Gasteiger partial charge in [0.05, 0.1) is 19.3 Å². The first-order valence-corrected chi connectivity index (χ1v) is 8.07. The maximum atomic E-state index is 12.6. The summed E-state index contributed by atoms with van der Waals surface area (Å²) in [6, 6.07) is 5.75. The smallest absolute Gasteiger partial charge is 0.341 e. The quantitative estimate of drug-likeness (QED) is 0.863. The molecule has 1 aromatic heterocycles. The second-order valence-corrected chi connectivity index (χ2v) is 5.94. The molecule has 1 saturated heterocycles. The Balaban J connectivity index is 1.62. The van der Waals surface area contributed by atoms with Gasteiger partial charge in [-0.3, -0.25) is 9.78 Å². The van der Waals surface area contributed by atoms with Crippen molar-refractivity contribution in [3.8, 4) is 11.5 Å². The number of nitrogens with zero attached hydrogens (tertiary/aromatic N) is 2. The number of carbonyl (C=O) groups is 1. The van der Waals surface area contributed by atoms with Crippen LogP contribution in [-0.2, 0) is 0 Å². The van der Waals surface area contributed by atoms with Gasteiger partial charge in [0, 0.05) is 13.0 Å². The van der Waals surface area contributed by atoms with Gasteiger partial charge in [0.15, 0.2) is 11.5 Å². The van der Waals surface area contributed by atoms with Crippen molar-refractivity contribution in [1.82, 2.24) is 20.1 Å². The number of aromatic nitrogens is 3. The molecule has 1 fully saturated rings. The molecule has 2 aliphatic rings. The van der Waals surface area contributed by atoms with Crippen LogP contribution in [0.2, 0.25) is 0 Å². The Kier molecular flexibility index (Phi) is 3.72. The minimum Gasteiger partial charge on any atom is -0.490 e. The summed E-state index contributed by atoms with van der Waals surface area (Å²) >= 11 is 0. The lowest BCUT2D eigenvalue weighted by molar-refractivity contribution is 0.0723. The topological polar surface area (TPSA) is 100 Å². The number of fused-ring (bicyclic) bond motifs is 1. The van der Waals surface area contributed by atoms with E-state index in [1.165, 1.54) is 0 Å². The summed E-state index contributed by atoms with van der Waals surface area (Å²) < 4.78 is 11.4. The summed E-state index contributed by atoms with van der Waals surface area (Å²) in [6.45, 7) is 1.90. The highest BCUT2D eigenvalue weighted by Crippen LogP contribution is 2.38. The zero-order valence-electron chi connectivity index (χ0n) is 13.1. The number of rotatable bonds is 2. The molecule has 0 bridgehead atoms. The van der Waals surface area contributed by atoms with Crippen LogP contribution in [0.5, 0.6) is 11.5 Å². The fourth-order valence-corrected chi connectivity index (χ4v) is 3.25. The number of likely N-dealkylation sites (tertiary alicyclic amines) is 1. The van der Waals surface area contributed by atoms with E-state index in [9.17, 15) is 9.59 Å². The van der Waals surface area contributed by atoms with Crippen molar-refractivity contribution in [2.45, 2.75) is 25.3 Å². The Labute approximate surface area is 137 Å². The molecular formula is C16H18N4O4. The standard InChI is InChI=1S/C16H18N4O4/c21-15(14-17-16(22)19-18-14)20-6-1-3-11(20)10-4-5-12-13(9-10)24-8-2-7-23-12/h4-5,9,11H,1-3,6-8H2,(H2,17,18,19,22). The number of ether oxygens (including phenoxy) is 2. The Morgan fingerprint density at radius 1 is 1.21 bits per heavy atom. The van der Waals surface area contributed by atoms with E-state index in [2.05, 4.69) is 15.2 Å². The van der Waals surface area contributed by atoms with E-state index in [0.717, 1.165) is 36.3 Å². The number of nitrogens with one attached hydrogen (secondary N) is 2. The minimum atomic E-state index is -0.482. The minimum absolute atomic E-state index is 0.0428. The Morgan fingerprint density at radius 2 is 2.04 bits per heavy atom. The molecule has 0 radical (unpaired) electrons. The fraction of sp³-hybridized carbons (Fsp3) is 0.438. The highest BCUT2D eigenvalue weighted by molar-refractivity contribution is 5.90. The van der Waals surface area contributed by atoms with Gasteiger partial charge < -0.3 is 14.4 Å². The monoisotopic (exact) mass is 330 g/mol. The maximum Gasteiger partial charge on any atom is 0.341 e. The third kappa shape index (κ3) is 2.64. The molecule has 3 heterocycles. The highest BCUT2D eigenvalue weighted by Gasteiger charge is 2.32. The van der Waals surface area contributed by atoms with Crippen molar-refractivity contribution in [1.29, 1.82) is 0 Å². The predicted molar refractivity (Wildman–Crippen MR) is 84.3 cm³/mol. The molecule has 0 aliphatic carbocycles. The van der Waals surface area contributed by atoms with E-state index < -0.39 is 5.69 Å². The zero-order chi connectivity index (χ0) is 16.5. The zero-order valence-corrected chi connectivity index (χ0v) is 13.1. The average Bonchev–Trinajstić information content (AvgIpc) is 3.18. The van der Waals surface area contributed by atoms with Crippen molar-refractivity contribution in [3.63, 3.8) is 0 Å². The van der Waals surface area contributed by atoms with Crippen molar-refractivity contribution in [2.75, 3.05) is 19.8 Å². The Hall–Kier alpha value is -2.77. The first-order valence-electron chi connectivity index (χ1n) is 8.07. The number of aromatic amines is 2. The van der Waals surface area contributed by atoms with Gasteiger partial charge in [-0.15, -0.1) is 5.10 Å². The molecule has 8 heteroatoms. The number of hydrogen-bond acceptors (Lipinski definition) is 5. The van der Waals surface area contributed by atoms with E-state index >= 15 is 0 Å². The van der Waals surface area contributed by atoms with Crippen LogP contribution in [0.3, 0.4) is 0 Å². The molecule has 0 saturated carbocycles. The molecule has 24 heavy (non-hydrogen) atoms. The molecule has 1 atom stereocenters. The Morgan fingerprint density at radius 3 is 2.83 bits per heavy atom. The lowest BCUT2D eigenvalue weighted by Gasteiger charge is -2.24. The third-order valence-corrected chi connectivity index (χ3v) is 4.37. The second-order valence-electron chi connectivity index (χ2n) is 5.94. The molecule has 8 nitrogen and oxygen atoms in total. The van der Waals surface area contributed by atoms with Gasteiger partial charge in [0.2, 0.25) is 5.82 Å². The van der Waals surface area contributed by atoms with Crippen LogP contribution in [0, 0.1) is 0 Å². The van der Waals surface area contributed by atoms with Crippen LogP contribution >= 0.6 is 0 Å². The lowest BCUT2D eigenvalue weighted by Crippen LogP contribution is -2.31. The molecule has 2 aromatic rings. The fourth-order valence-electron chi connectivity index (χ4n) is 3.25. The number of benzene rings is 1. The van der Waals surface area contributed by atoms with Crippen LogP contribution in [0.1, 0.15) is 41.5 Å². The van der Waals surface area contributed by atoms with Gasteiger partial charge in [0.1, 0.15) is 0 Å². The predicted octanol–water partition coefficient (Wildman–Crippen LogP) is 1.24. The molecule has 126 valence electrons. The summed E-state index contributed by atoms with van der Waals surface area (Å²) in [5.74, 6) is 1.23. The van der Waals surface area contributed by atoms with Crippen molar-refractivity contribution in [3.05, 3.63) is 40.1 Å². The molecular weight excluding hydrogens is 312 g/mol. The van der Waals surface area contributed by atoms with Gasteiger partial charge in [-0.2, -0.15) is 0 Å². The first kappa shape index (κ1) is 14.8. The SMILES string of the molecule is O=C(c1n[nH]c(=O)[nH]1)N1CCCC1c1ccc2c(c1)OCCCO2. The summed E-state index contributed by atoms with van der Waals surface area (Å²) in [5, 5.41) is 5.97. The second kappa shape index (κ2) is 6.03. The Bertz CT molecular complexity index is 812. The van der Waals surface area contributed by atoms with Gasteiger partial charge >= 0.3 is 5.69 Å². The van der Waals surface area contributed by atoms with E-state index in [1.54, 1.807) is 4.90 Å². The van der Waals surface area contributed by atoms with Gasteiger partial charge in [0.25, 0.3) is 5.91 Å². The summed E-state index contributed by atoms with van der Waals surface area (Å²) in [7, 11) is 0. The largest absolute Gasteiger partial charge is 0.490 e. The van der Waals surface area contributed by atoms with E-state index in [0.29, 0.717) is 19.8 Å². The van der Waals surface area contributed by atoms with Crippen LogP contribution in [0.4, 0.5) is 0 Å². The molecule has 4 rings (SSSR count).